The molecular formula is C13H16N4O2S2. The highest BCUT2D eigenvalue weighted by Crippen LogP contribution is 2.34. The highest BCUT2D eigenvalue weighted by Gasteiger charge is 2.26. The van der Waals surface area contributed by atoms with Crippen molar-refractivity contribution in [2.75, 3.05) is 12.4 Å². The van der Waals surface area contributed by atoms with E-state index < -0.39 is 10.0 Å². The van der Waals surface area contributed by atoms with E-state index in [0.717, 1.165) is 24.8 Å². The van der Waals surface area contributed by atoms with Crippen LogP contribution in [0.4, 0.5) is 5.95 Å². The first kappa shape index (κ1) is 14.4. The summed E-state index contributed by atoms with van der Waals surface area (Å²) < 4.78 is 27.6. The van der Waals surface area contributed by atoms with Gasteiger partial charge < -0.3 is 5.32 Å². The summed E-state index contributed by atoms with van der Waals surface area (Å²) >= 11 is 1.69. The van der Waals surface area contributed by atoms with Crippen molar-refractivity contribution in [1.82, 2.24) is 14.7 Å². The zero-order chi connectivity index (χ0) is 14.9. The van der Waals surface area contributed by atoms with E-state index in [-0.39, 0.29) is 10.9 Å². The van der Waals surface area contributed by atoms with E-state index in [4.69, 9.17) is 0 Å². The van der Waals surface area contributed by atoms with Gasteiger partial charge in [-0.3, -0.25) is 0 Å². The molecule has 2 aromatic rings. The van der Waals surface area contributed by atoms with Gasteiger partial charge in [-0.25, -0.2) is 23.1 Å². The van der Waals surface area contributed by atoms with Gasteiger partial charge in [0, 0.05) is 18.0 Å². The maximum Gasteiger partial charge on any atom is 0.244 e. The van der Waals surface area contributed by atoms with Gasteiger partial charge in [0.25, 0.3) is 0 Å². The van der Waals surface area contributed by atoms with Crippen LogP contribution in [0.3, 0.4) is 0 Å². The van der Waals surface area contributed by atoms with Gasteiger partial charge >= 0.3 is 0 Å². The van der Waals surface area contributed by atoms with Gasteiger partial charge in [-0.15, -0.1) is 11.3 Å². The average Bonchev–Trinajstić information content (AvgIpc) is 2.97. The number of fused-ring (bicyclic) bond motifs is 1. The topological polar surface area (TPSA) is 84.0 Å². The van der Waals surface area contributed by atoms with Crippen LogP contribution in [0.2, 0.25) is 0 Å². The number of hydrogen-bond acceptors (Lipinski definition) is 6. The van der Waals surface area contributed by atoms with Crippen LogP contribution in [-0.2, 0) is 16.4 Å². The number of anilines is 1. The molecule has 0 spiro atoms. The van der Waals surface area contributed by atoms with Crippen LogP contribution in [0, 0.1) is 0 Å². The van der Waals surface area contributed by atoms with Crippen molar-refractivity contribution in [2.24, 2.45) is 0 Å². The van der Waals surface area contributed by atoms with E-state index in [1.54, 1.807) is 18.4 Å². The fourth-order valence-electron chi connectivity index (χ4n) is 2.45. The Morgan fingerprint density at radius 3 is 2.81 bits per heavy atom. The van der Waals surface area contributed by atoms with E-state index in [9.17, 15) is 8.42 Å². The van der Waals surface area contributed by atoms with Gasteiger partial charge in [0.05, 0.1) is 12.4 Å². The fourth-order valence-corrected chi connectivity index (χ4v) is 4.57. The monoisotopic (exact) mass is 324 g/mol. The van der Waals surface area contributed by atoms with Crippen molar-refractivity contribution in [3.63, 3.8) is 0 Å². The molecule has 8 heteroatoms. The predicted octanol–water partition coefficient (Wildman–Crippen LogP) is 1.94. The summed E-state index contributed by atoms with van der Waals surface area (Å²) in [6.45, 7) is 0. The van der Waals surface area contributed by atoms with Crippen LogP contribution in [0.25, 0.3) is 0 Å². The molecule has 0 saturated carbocycles. The quantitative estimate of drug-likeness (QED) is 0.898. The van der Waals surface area contributed by atoms with E-state index in [1.807, 2.05) is 11.4 Å². The molecule has 21 heavy (non-hydrogen) atoms. The zero-order valence-electron chi connectivity index (χ0n) is 11.5. The molecule has 112 valence electrons. The van der Waals surface area contributed by atoms with E-state index in [1.165, 1.54) is 17.3 Å². The molecule has 1 aliphatic rings. The van der Waals surface area contributed by atoms with Crippen molar-refractivity contribution in [3.8, 4) is 0 Å². The Hall–Kier alpha value is -1.51. The highest BCUT2D eigenvalue weighted by molar-refractivity contribution is 7.89. The Bertz CT molecular complexity index is 725. The van der Waals surface area contributed by atoms with E-state index >= 15 is 0 Å². The number of rotatable bonds is 4. The molecule has 6 nitrogen and oxygen atoms in total. The first-order valence-corrected chi connectivity index (χ1v) is 9.05. The van der Waals surface area contributed by atoms with E-state index in [2.05, 4.69) is 20.0 Å². The minimum atomic E-state index is -3.60. The fraction of sp³-hybridized carbons (Fsp3) is 0.385. The number of aryl methyl sites for hydroxylation is 1. The number of thiophene rings is 1. The second-order valence-electron chi connectivity index (χ2n) is 4.86. The highest BCUT2D eigenvalue weighted by atomic mass is 32.2. The first-order valence-electron chi connectivity index (χ1n) is 6.68. The van der Waals surface area contributed by atoms with Gasteiger partial charge in [0.15, 0.2) is 0 Å². The summed E-state index contributed by atoms with van der Waals surface area (Å²) in [4.78, 5) is 9.26. The van der Waals surface area contributed by atoms with Crippen molar-refractivity contribution in [2.45, 2.75) is 30.2 Å². The second kappa shape index (κ2) is 5.70. The number of aromatic nitrogens is 2. The number of sulfonamides is 1. The number of nitrogens with zero attached hydrogens (tertiary/aromatic N) is 2. The molecule has 1 atom stereocenters. The number of hydrogen-bond donors (Lipinski definition) is 2. The predicted molar refractivity (Wildman–Crippen MR) is 81.9 cm³/mol. The van der Waals surface area contributed by atoms with Gasteiger partial charge in [-0.2, -0.15) is 0 Å². The number of nitrogens with one attached hydrogen (secondary N) is 2. The SMILES string of the molecule is CNc1ncc(S(=O)(=O)NC2CCCc3sccc32)cn1. The zero-order valence-corrected chi connectivity index (χ0v) is 13.2. The molecule has 1 aliphatic carbocycles. The van der Waals surface area contributed by atoms with Gasteiger partial charge in [0.2, 0.25) is 16.0 Å². The van der Waals surface area contributed by atoms with Gasteiger partial charge in [-0.05, 0) is 36.3 Å². The Labute approximate surface area is 127 Å². The Morgan fingerprint density at radius 1 is 1.33 bits per heavy atom. The summed E-state index contributed by atoms with van der Waals surface area (Å²) in [5, 5.41) is 4.78. The third-order valence-corrected chi connectivity index (χ3v) is 5.93. The van der Waals surface area contributed by atoms with Gasteiger partial charge in [0.1, 0.15) is 4.90 Å². The molecule has 0 radical (unpaired) electrons. The lowest BCUT2D eigenvalue weighted by Gasteiger charge is -2.23. The molecule has 0 fully saturated rings. The Kier molecular flexibility index (Phi) is 3.92. The summed E-state index contributed by atoms with van der Waals surface area (Å²) in [6, 6.07) is 1.85. The molecular weight excluding hydrogens is 308 g/mol. The molecule has 1 unspecified atom stereocenters. The summed E-state index contributed by atoms with van der Waals surface area (Å²) in [5.74, 6) is 0.395. The maximum atomic E-state index is 12.4. The Balaban J connectivity index is 1.84. The van der Waals surface area contributed by atoms with Crippen molar-refractivity contribution in [1.29, 1.82) is 0 Å². The molecule has 2 heterocycles. The molecule has 0 amide bonds. The van der Waals surface area contributed by atoms with Crippen LogP contribution in [-0.4, -0.2) is 25.4 Å². The minimum Gasteiger partial charge on any atom is -0.357 e. The third-order valence-electron chi connectivity index (χ3n) is 3.51. The minimum absolute atomic E-state index is 0.0869. The van der Waals surface area contributed by atoms with Gasteiger partial charge in [-0.1, -0.05) is 0 Å². The molecule has 2 aromatic heterocycles. The smallest absolute Gasteiger partial charge is 0.244 e. The average molecular weight is 324 g/mol. The lowest BCUT2D eigenvalue weighted by molar-refractivity contribution is 0.511. The molecule has 0 aromatic carbocycles. The van der Waals surface area contributed by atoms with Crippen molar-refractivity contribution >= 4 is 27.3 Å². The Morgan fingerprint density at radius 2 is 2.10 bits per heavy atom. The van der Waals surface area contributed by atoms with Crippen LogP contribution in [0.5, 0.6) is 0 Å². The summed E-state index contributed by atoms with van der Waals surface area (Å²) in [6.07, 6.45) is 5.48. The normalized spacial score (nSPS) is 18.2. The first-order chi connectivity index (χ1) is 10.1. The van der Waals surface area contributed by atoms with Crippen LogP contribution in [0.15, 0.2) is 28.7 Å². The second-order valence-corrected chi connectivity index (χ2v) is 7.57. The maximum absolute atomic E-state index is 12.4. The van der Waals surface area contributed by atoms with Crippen LogP contribution < -0.4 is 10.0 Å². The summed E-state index contributed by atoms with van der Waals surface area (Å²) in [7, 11) is -1.92. The van der Waals surface area contributed by atoms with Crippen LogP contribution >= 0.6 is 11.3 Å². The van der Waals surface area contributed by atoms with E-state index in [0.29, 0.717) is 5.95 Å². The van der Waals surface area contributed by atoms with Crippen molar-refractivity contribution in [3.05, 3.63) is 34.3 Å². The van der Waals surface area contributed by atoms with Crippen molar-refractivity contribution < 1.29 is 8.42 Å². The summed E-state index contributed by atoms with van der Waals surface area (Å²) in [5.41, 5.74) is 1.10. The standard InChI is InChI=1S/C13H16N4O2S2/c1-14-13-15-7-9(8-16-13)21(18,19)17-11-3-2-4-12-10(11)5-6-20-12/h5-8,11,17H,2-4H2,1H3,(H,14,15,16). The molecule has 0 aliphatic heterocycles. The largest absolute Gasteiger partial charge is 0.357 e. The molecule has 2 N–H and O–H groups in total. The molecule has 3 rings (SSSR count). The third kappa shape index (κ3) is 2.92. The molecule has 0 saturated heterocycles. The van der Waals surface area contributed by atoms with Crippen LogP contribution in [0.1, 0.15) is 29.3 Å². The lowest BCUT2D eigenvalue weighted by Crippen LogP contribution is -2.30. The molecule has 0 bridgehead atoms. The lowest BCUT2D eigenvalue weighted by atomic mass is 9.95.